The molecule has 0 spiro atoms. The maximum atomic E-state index is 13.4. The van der Waals surface area contributed by atoms with Gasteiger partial charge in [0.25, 0.3) is 0 Å². The normalized spacial score (nSPS) is 18.3. The Hall–Kier alpha value is -1.37. The molecule has 1 atom stereocenters. The van der Waals surface area contributed by atoms with Gasteiger partial charge >= 0.3 is 6.18 Å². The van der Waals surface area contributed by atoms with Crippen LogP contribution in [0.15, 0.2) is 41.1 Å². The maximum absolute atomic E-state index is 13.4. The lowest BCUT2D eigenvalue weighted by Crippen LogP contribution is -2.45. The second kappa shape index (κ2) is 6.40. The van der Waals surface area contributed by atoms with E-state index in [1.807, 2.05) is 16.8 Å². The Morgan fingerprint density at radius 3 is 2.45 bits per heavy atom. The van der Waals surface area contributed by atoms with Crippen LogP contribution in [0.1, 0.15) is 22.7 Å². The van der Waals surface area contributed by atoms with Crippen LogP contribution in [0, 0.1) is 0 Å². The molecule has 2 nitrogen and oxygen atoms in total. The number of alkyl halides is 3. The number of hydrogen-bond donors (Lipinski definition) is 1. The van der Waals surface area contributed by atoms with Crippen molar-refractivity contribution in [1.29, 1.82) is 0 Å². The van der Waals surface area contributed by atoms with Crippen LogP contribution in [0.2, 0.25) is 0 Å². The molecule has 0 saturated carbocycles. The zero-order valence-corrected chi connectivity index (χ0v) is 12.8. The zero-order chi connectivity index (χ0) is 15.6. The Labute approximate surface area is 131 Å². The summed E-state index contributed by atoms with van der Waals surface area (Å²) in [7, 11) is 0. The fourth-order valence-electron chi connectivity index (χ4n) is 2.95. The van der Waals surface area contributed by atoms with E-state index in [1.165, 1.54) is 23.5 Å². The van der Waals surface area contributed by atoms with Crippen LogP contribution in [0.25, 0.3) is 0 Å². The number of rotatable bonds is 3. The van der Waals surface area contributed by atoms with Crippen molar-refractivity contribution in [3.05, 3.63) is 57.8 Å². The molecule has 118 valence electrons. The first-order valence-corrected chi connectivity index (χ1v) is 8.14. The third-order valence-corrected chi connectivity index (χ3v) is 4.64. The zero-order valence-electron chi connectivity index (χ0n) is 11.9. The van der Waals surface area contributed by atoms with Crippen molar-refractivity contribution >= 4 is 11.3 Å². The molecular weight excluding hydrogens is 309 g/mol. The minimum atomic E-state index is -4.33. The van der Waals surface area contributed by atoms with Crippen LogP contribution in [-0.4, -0.2) is 31.1 Å². The van der Waals surface area contributed by atoms with Gasteiger partial charge < -0.3 is 5.32 Å². The van der Waals surface area contributed by atoms with E-state index in [1.54, 1.807) is 12.1 Å². The monoisotopic (exact) mass is 326 g/mol. The Bertz CT molecular complexity index is 604. The number of piperazine rings is 1. The van der Waals surface area contributed by atoms with Gasteiger partial charge in [0.1, 0.15) is 0 Å². The molecule has 1 saturated heterocycles. The number of halogens is 3. The number of thiophene rings is 1. The third-order valence-electron chi connectivity index (χ3n) is 3.94. The molecule has 0 aliphatic carbocycles. The van der Waals surface area contributed by atoms with Gasteiger partial charge in [0, 0.05) is 26.2 Å². The summed E-state index contributed by atoms with van der Waals surface area (Å²) in [5, 5.41) is 7.11. The third kappa shape index (κ3) is 3.19. The highest BCUT2D eigenvalue weighted by Gasteiger charge is 2.37. The highest BCUT2D eigenvalue weighted by molar-refractivity contribution is 7.08. The molecule has 1 aromatic heterocycles. The topological polar surface area (TPSA) is 15.3 Å². The first-order valence-electron chi connectivity index (χ1n) is 7.20. The number of nitrogens with one attached hydrogen (secondary N) is 1. The van der Waals surface area contributed by atoms with E-state index in [4.69, 9.17) is 0 Å². The Balaban J connectivity index is 2.07. The highest BCUT2D eigenvalue weighted by atomic mass is 32.1. The molecule has 1 fully saturated rings. The molecule has 3 rings (SSSR count). The minimum Gasteiger partial charge on any atom is -0.314 e. The van der Waals surface area contributed by atoms with Crippen LogP contribution >= 0.6 is 11.3 Å². The molecule has 1 aromatic carbocycles. The van der Waals surface area contributed by atoms with Gasteiger partial charge in [-0.25, -0.2) is 0 Å². The summed E-state index contributed by atoms with van der Waals surface area (Å²) < 4.78 is 40.2. The molecule has 2 heterocycles. The van der Waals surface area contributed by atoms with Crippen LogP contribution in [-0.2, 0) is 6.18 Å². The van der Waals surface area contributed by atoms with E-state index < -0.39 is 11.7 Å². The highest BCUT2D eigenvalue weighted by Crippen LogP contribution is 2.39. The van der Waals surface area contributed by atoms with Crippen LogP contribution in [0.3, 0.4) is 0 Å². The van der Waals surface area contributed by atoms with Gasteiger partial charge in [-0.2, -0.15) is 24.5 Å². The van der Waals surface area contributed by atoms with E-state index in [-0.39, 0.29) is 6.04 Å². The lowest BCUT2D eigenvalue weighted by molar-refractivity contribution is -0.138. The van der Waals surface area contributed by atoms with Gasteiger partial charge in [0.05, 0.1) is 11.6 Å². The van der Waals surface area contributed by atoms with Crippen molar-refractivity contribution in [2.75, 3.05) is 26.2 Å². The van der Waals surface area contributed by atoms with Crippen molar-refractivity contribution in [1.82, 2.24) is 10.2 Å². The Morgan fingerprint density at radius 1 is 1.09 bits per heavy atom. The largest absolute Gasteiger partial charge is 0.416 e. The average Bonchev–Trinajstić information content (AvgIpc) is 3.02. The molecule has 0 amide bonds. The van der Waals surface area contributed by atoms with Gasteiger partial charge in [-0.15, -0.1) is 0 Å². The second-order valence-electron chi connectivity index (χ2n) is 5.33. The number of hydrogen-bond acceptors (Lipinski definition) is 3. The van der Waals surface area contributed by atoms with E-state index in [0.717, 1.165) is 31.7 Å². The number of benzene rings is 1. The van der Waals surface area contributed by atoms with Gasteiger partial charge in [-0.3, -0.25) is 4.90 Å². The number of nitrogens with zero attached hydrogens (tertiary/aromatic N) is 1. The summed E-state index contributed by atoms with van der Waals surface area (Å²) >= 11 is 1.52. The smallest absolute Gasteiger partial charge is 0.314 e. The summed E-state index contributed by atoms with van der Waals surface area (Å²) in [6.45, 7) is 3.09. The molecule has 22 heavy (non-hydrogen) atoms. The first kappa shape index (κ1) is 15.5. The van der Waals surface area contributed by atoms with E-state index in [9.17, 15) is 13.2 Å². The fraction of sp³-hybridized carbons (Fsp3) is 0.375. The summed E-state index contributed by atoms with van der Waals surface area (Å²) in [6.07, 6.45) is -4.33. The molecule has 1 aliphatic rings. The predicted molar refractivity (Wildman–Crippen MR) is 82.0 cm³/mol. The van der Waals surface area contributed by atoms with Crippen molar-refractivity contribution in [2.45, 2.75) is 12.2 Å². The molecule has 1 N–H and O–H groups in total. The molecule has 0 unspecified atom stereocenters. The molecule has 0 bridgehead atoms. The lowest BCUT2D eigenvalue weighted by Gasteiger charge is -2.36. The Morgan fingerprint density at radius 2 is 1.82 bits per heavy atom. The van der Waals surface area contributed by atoms with Crippen molar-refractivity contribution in [3.63, 3.8) is 0 Å². The van der Waals surface area contributed by atoms with Crippen molar-refractivity contribution in [3.8, 4) is 0 Å². The molecule has 0 radical (unpaired) electrons. The van der Waals surface area contributed by atoms with Crippen molar-refractivity contribution < 1.29 is 13.2 Å². The second-order valence-corrected chi connectivity index (χ2v) is 6.11. The molecular formula is C16H17F3N2S. The summed E-state index contributed by atoms with van der Waals surface area (Å²) in [4.78, 5) is 2.13. The lowest BCUT2D eigenvalue weighted by atomic mass is 9.94. The summed E-state index contributed by atoms with van der Waals surface area (Å²) in [6, 6.07) is 7.50. The molecule has 6 heteroatoms. The van der Waals surface area contributed by atoms with Crippen LogP contribution in [0.4, 0.5) is 13.2 Å². The van der Waals surface area contributed by atoms with Gasteiger partial charge in [-0.1, -0.05) is 18.2 Å². The van der Waals surface area contributed by atoms with Gasteiger partial charge in [0.15, 0.2) is 0 Å². The quantitative estimate of drug-likeness (QED) is 0.924. The van der Waals surface area contributed by atoms with E-state index in [2.05, 4.69) is 10.2 Å². The van der Waals surface area contributed by atoms with Crippen LogP contribution < -0.4 is 5.32 Å². The Kier molecular flexibility index (Phi) is 4.52. The standard InChI is InChI=1S/C16H17F3N2S/c17-16(18,19)14-4-2-1-3-13(14)15(12-5-10-22-11-12)21-8-6-20-7-9-21/h1-5,10-11,15,20H,6-9H2/t15-/m0/s1. The first-order chi connectivity index (χ1) is 10.6. The summed E-state index contributed by atoms with van der Waals surface area (Å²) in [5.41, 5.74) is 0.739. The van der Waals surface area contributed by atoms with Gasteiger partial charge in [0.2, 0.25) is 0 Å². The molecule has 2 aromatic rings. The van der Waals surface area contributed by atoms with Crippen LogP contribution in [0.5, 0.6) is 0 Å². The maximum Gasteiger partial charge on any atom is 0.416 e. The van der Waals surface area contributed by atoms with Gasteiger partial charge in [-0.05, 0) is 34.0 Å². The van der Waals surface area contributed by atoms with E-state index >= 15 is 0 Å². The SMILES string of the molecule is FC(F)(F)c1ccccc1[C@H](c1ccsc1)N1CCNCC1. The average molecular weight is 326 g/mol. The fourth-order valence-corrected chi connectivity index (χ4v) is 3.63. The minimum absolute atomic E-state index is 0.342. The van der Waals surface area contributed by atoms with E-state index in [0.29, 0.717) is 5.56 Å². The van der Waals surface area contributed by atoms with Crippen molar-refractivity contribution in [2.24, 2.45) is 0 Å². The summed E-state index contributed by atoms with van der Waals surface area (Å²) in [5.74, 6) is 0. The molecule has 1 aliphatic heterocycles. The predicted octanol–water partition coefficient (Wildman–Crippen LogP) is 3.76.